The molecule has 1 aromatic rings. The van der Waals surface area contributed by atoms with Crippen molar-refractivity contribution in [2.75, 3.05) is 0 Å². The summed E-state index contributed by atoms with van der Waals surface area (Å²) in [5, 5.41) is 0. The van der Waals surface area contributed by atoms with Crippen LogP contribution in [0.15, 0.2) is 18.3 Å². The van der Waals surface area contributed by atoms with Gasteiger partial charge in [-0.3, -0.25) is 9.78 Å². The summed E-state index contributed by atoms with van der Waals surface area (Å²) in [6.45, 7) is 0. The normalized spacial score (nSPS) is 17.6. The van der Waals surface area contributed by atoms with E-state index in [4.69, 9.17) is 5.73 Å². The van der Waals surface area contributed by atoms with Crippen molar-refractivity contribution in [2.24, 2.45) is 5.73 Å². The van der Waals surface area contributed by atoms with Crippen molar-refractivity contribution < 1.29 is 4.79 Å². The van der Waals surface area contributed by atoms with Gasteiger partial charge in [-0.1, -0.05) is 25.3 Å². The molecule has 1 heterocycles. The molecule has 3 nitrogen and oxygen atoms in total. The zero-order valence-corrected chi connectivity index (χ0v) is 8.78. The van der Waals surface area contributed by atoms with Gasteiger partial charge in [0, 0.05) is 6.20 Å². The van der Waals surface area contributed by atoms with Crippen LogP contribution in [0.2, 0.25) is 0 Å². The van der Waals surface area contributed by atoms with Gasteiger partial charge in [0.25, 0.3) is 5.91 Å². The summed E-state index contributed by atoms with van der Waals surface area (Å²) in [6, 6.07) is 3.87. The molecule has 0 aliphatic heterocycles. The van der Waals surface area contributed by atoms with Crippen molar-refractivity contribution in [2.45, 2.75) is 38.0 Å². The minimum absolute atomic E-state index is 0.406. The summed E-state index contributed by atoms with van der Waals surface area (Å²) in [4.78, 5) is 15.3. The Labute approximate surface area is 89.7 Å². The van der Waals surface area contributed by atoms with E-state index in [0.29, 0.717) is 11.6 Å². The van der Waals surface area contributed by atoms with Gasteiger partial charge in [0.15, 0.2) is 0 Å². The van der Waals surface area contributed by atoms with Gasteiger partial charge in [0.2, 0.25) is 0 Å². The third-order valence-electron chi connectivity index (χ3n) is 3.12. The lowest BCUT2D eigenvalue weighted by Gasteiger charge is -2.22. The molecule has 1 aliphatic carbocycles. The smallest absolute Gasteiger partial charge is 0.267 e. The van der Waals surface area contributed by atoms with Crippen LogP contribution in [0.1, 0.15) is 54.1 Å². The molecule has 2 rings (SSSR count). The van der Waals surface area contributed by atoms with E-state index in [-0.39, 0.29) is 0 Å². The molecule has 1 amide bonds. The minimum Gasteiger partial charge on any atom is -0.364 e. The van der Waals surface area contributed by atoms with E-state index in [9.17, 15) is 4.79 Å². The number of carbonyl (C=O) groups is 1. The highest BCUT2D eigenvalue weighted by Gasteiger charge is 2.20. The van der Waals surface area contributed by atoms with Crippen LogP contribution < -0.4 is 5.73 Å². The van der Waals surface area contributed by atoms with Crippen LogP contribution >= 0.6 is 0 Å². The largest absolute Gasteiger partial charge is 0.364 e. The van der Waals surface area contributed by atoms with Crippen molar-refractivity contribution in [1.29, 1.82) is 0 Å². The monoisotopic (exact) mass is 204 g/mol. The van der Waals surface area contributed by atoms with Gasteiger partial charge in [0.1, 0.15) is 5.69 Å². The number of carbonyl (C=O) groups excluding carboxylic acids is 1. The Kier molecular flexibility index (Phi) is 2.99. The van der Waals surface area contributed by atoms with Crippen LogP contribution in [-0.2, 0) is 0 Å². The standard InChI is InChI=1S/C12H16N2O/c13-12(15)11-10(7-4-8-14-11)9-5-2-1-3-6-9/h4,7-9H,1-3,5-6H2,(H2,13,15). The fourth-order valence-corrected chi connectivity index (χ4v) is 2.37. The number of pyridine rings is 1. The lowest BCUT2D eigenvalue weighted by Crippen LogP contribution is -2.18. The van der Waals surface area contributed by atoms with Crippen LogP contribution in [0.4, 0.5) is 0 Å². The van der Waals surface area contributed by atoms with Crippen LogP contribution in [-0.4, -0.2) is 10.9 Å². The summed E-state index contributed by atoms with van der Waals surface area (Å²) in [5.41, 5.74) is 6.83. The number of aromatic nitrogens is 1. The van der Waals surface area contributed by atoms with Crippen molar-refractivity contribution >= 4 is 5.91 Å². The third kappa shape index (κ3) is 2.17. The van der Waals surface area contributed by atoms with E-state index in [1.165, 1.54) is 19.3 Å². The number of nitrogens with two attached hydrogens (primary N) is 1. The van der Waals surface area contributed by atoms with E-state index in [1.54, 1.807) is 6.20 Å². The zero-order valence-electron chi connectivity index (χ0n) is 8.78. The van der Waals surface area contributed by atoms with Crippen molar-refractivity contribution in [1.82, 2.24) is 4.98 Å². The van der Waals surface area contributed by atoms with Crippen LogP contribution in [0.25, 0.3) is 0 Å². The third-order valence-corrected chi connectivity index (χ3v) is 3.12. The number of nitrogens with zero attached hydrogens (tertiary/aromatic N) is 1. The van der Waals surface area contributed by atoms with Crippen molar-refractivity contribution in [3.05, 3.63) is 29.6 Å². The predicted octanol–water partition coefficient (Wildman–Crippen LogP) is 2.23. The molecule has 0 spiro atoms. The summed E-state index contributed by atoms with van der Waals surface area (Å²) in [5.74, 6) is 0.0751. The first-order valence-corrected chi connectivity index (χ1v) is 5.54. The molecule has 0 unspecified atom stereocenters. The lowest BCUT2D eigenvalue weighted by atomic mass is 9.83. The Balaban J connectivity index is 2.29. The average molecular weight is 204 g/mol. The number of hydrogen-bond donors (Lipinski definition) is 1. The second-order valence-corrected chi connectivity index (χ2v) is 4.14. The Morgan fingerprint density at radius 3 is 2.73 bits per heavy atom. The zero-order chi connectivity index (χ0) is 10.7. The maximum atomic E-state index is 11.2. The van der Waals surface area contributed by atoms with Crippen LogP contribution in [0.3, 0.4) is 0 Å². The highest BCUT2D eigenvalue weighted by atomic mass is 16.1. The molecule has 0 bridgehead atoms. The molecule has 1 aliphatic rings. The van der Waals surface area contributed by atoms with Gasteiger partial charge in [-0.2, -0.15) is 0 Å². The summed E-state index contributed by atoms with van der Waals surface area (Å²) in [7, 11) is 0. The molecular formula is C12H16N2O. The molecule has 0 atom stereocenters. The Morgan fingerprint density at radius 2 is 2.07 bits per heavy atom. The first-order valence-electron chi connectivity index (χ1n) is 5.54. The van der Waals surface area contributed by atoms with Gasteiger partial charge < -0.3 is 5.73 Å². The molecular weight excluding hydrogens is 188 g/mol. The van der Waals surface area contributed by atoms with Crippen LogP contribution in [0, 0.1) is 0 Å². The van der Waals surface area contributed by atoms with E-state index in [1.807, 2.05) is 12.1 Å². The first-order chi connectivity index (χ1) is 7.29. The van der Waals surface area contributed by atoms with Crippen molar-refractivity contribution in [3.63, 3.8) is 0 Å². The molecule has 3 heteroatoms. The highest BCUT2D eigenvalue weighted by molar-refractivity contribution is 5.92. The first kappa shape index (κ1) is 10.1. The maximum Gasteiger partial charge on any atom is 0.267 e. The van der Waals surface area contributed by atoms with Gasteiger partial charge in [0.05, 0.1) is 0 Å². The average Bonchev–Trinajstić information content (AvgIpc) is 2.30. The molecule has 15 heavy (non-hydrogen) atoms. The SMILES string of the molecule is NC(=O)c1ncccc1C1CCCCC1. The summed E-state index contributed by atoms with van der Waals surface area (Å²) >= 11 is 0. The Hall–Kier alpha value is -1.38. The van der Waals surface area contributed by atoms with Crippen molar-refractivity contribution in [3.8, 4) is 0 Å². The second-order valence-electron chi connectivity index (χ2n) is 4.14. The van der Waals surface area contributed by atoms with Crippen LogP contribution in [0.5, 0.6) is 0 Å². The van der Waals surface area contributed by atoms with E-state index >= 15 is 0 Å². The summed E-state index contributed by atoms with van der Waals surface area (Å²) in [6.07, 6.45) is 7.75. The van der Waals surface area contributed by atoms with Gasteiger partial charge in [-0.25, -0.2) is 0 Å². The van der Waals surface area contributed by atoms with E-state index in [2.05, 4.69) is 4.98 Å². The number of rotatable bonds is 2. The fourth-order valence-electron chi connectivity index (χ4n) is 2.37. The quantitative estimate of drug-likeness (QED) is 0.803. The molecule has 0 aromatic carbocycles. The molecule has 1 saturated carbocycles. The fraction of sp³-hybridized carbons (Fsp3) is 0.500. The van der Waals surface area contributed by atoms with E-state index < -0.39 is 5.91 Å². The topological polar surface area (TPSA) is 56.0 Å². The van der Waals surface area contributed by atoms with Gasteiger partial charge >= 0.3 is 0 Å². The van der Waals surface area contributed by atoms with Gasteiger partial charge in [-0.15, -0.1) is 0 Å². The Bertz CT molecular complexity index is 356. The lowest BCUT2D eigenvalue weighted by molar-refractivity contribution is 0.0993. The molecule has 1 aromatic heterocycles. The number of hydrogen-bond acceptors (Lipinski definition) is 2. The molecule has 1 fully saturated rings. The van der Waals surface area contributed by atoms with E-state index in [0.717, 1.165) is 18.4 Å². The minimum atomic E-state index is -0.406. The molecule has 0 saturated heterocycles. The van der Waals surface area contributed by atoms with Gasteiger partial charge in [-0.05, 0) is 30.4 Å². The summed E-state index contributed by atoms with van der Waals surface area (Å²) < 4.78 is 0. The number of primary amides is 1. The maximum absolute atomic E-state index is 11.2. The number of amides is 1. The molecule has 2 N–H and O–H groups in total. The Morgan fingerprint density at radius 1 is 1.33 bits per heavy atom. The second kappa shape index (κ2) is 4.43. The molecule has 0 radical (unpaired) electrons. The predicted molar refractivity (Wildman–Crippen MR) is 58.6 cm³/mol. The molecule has 80 valence electrons. The highest BCUT2D eigenvalue weighted by Crippen LogP contribution is 2.33.